The van der Waals surface area contributed by atoms with Crippen molar-refractivity contribution in [3.63, 3.8) is 0 Å². The van der Waals surface area contributed by atoms with Crippen LogP contribution in [0.5, 0.6) is 11.5 Å². The summed E-state index contributed by atoms with van der Waals surface area (Å²) in [6, 6.07) is 20.8. The fourth-order valence-electron chi connectivity index (χ4n) is 2.36. The van der Waals surface area contributed by atoms with Crippen LogP contribution < -0.4 is 15.4 Å². The van der Waals surface area contributed by atoms with Crippen LogP contribution in [0, 0.1) is 0 Å². The van der Waals surface area contributed by atoms with E-state index in [0.717, 1.165) is 17.9 Å². The molecule has 0 aliphatic rings. The number of hydrogen-bond donors (Lipinski definition) is 2. The van der Waals surface area contributed by atoms with E-state index in [1.165, 1.54) is 0 Å². The van der Waals surface area contributed by atoms with E-state index in [0.29, 0.717) is 23.7 Å². The number of para-hydroxylation sites is 3. The molecule has 0 fully saturated rings. The summed E-state index contributed by atoms with van der Waals surface area (Å²) in [5.74, 6) is 1.99. The highest BCUT2D eigenvalue weighted by molar-refractivity contribution is 5.94. The van der Waals surface area contributed by atoms with Crippen LogP contribution in [0.3, 0.4) is 0 Å². The van der Waals surface area contributed by atoms with Gasteiger partial charge in [-0.2, -0.15) is 0 Å². The molecule has 0 unspecified atom stereocenters. The van der Waals surface area contributed by atoms with Crippen molar-refractivity contribution in [2.45, 2.75) is 13.3 Å². The maximum Gasteiger partial charge on any atom is 0.252 e. The number of nitrogens with zero attached hydrogens (tertiary/aromatic N) is 1. The molecule has 0 atom stereocenters. The molecule has 0 spiro atoms. The van der Waals surface area contributed by atoms with Crippen LogP contribution in [0.15, 0.2) is 72.9 Å². The van der Waals surface area contributed by atoms with Crippen LogP contribution in [0.2, 0.25) is 0 Å². The van der Waals surface area contributed by atoms with E-state index in [9.17, 15) is 4.79 Å². The number of carbonyl (C=O) groups excluding carboxylic acids is 1. The first-order chi connectivity index (χ1) is 12.8. The van der Waals surface area contributed by atoms with Gasteiger partial charge in [0.2, 0.25) is 0 Å². The number of hydrogen-bond acceptors (Lipinski definition) is 4. The van der Waals surface area contributed by atoms with Gasteiger partial charge in [0, 0.05) is 12.7 Å². The van der Waals surface area contributed by atoms with Crippen LogP contribution in [0.25, 0.3) is 0 Å². The van der Waals surface area contributed by atoms with Crippen molar-refractivity contribution in [1.82, 2.24) is 10.3 Å². The molecule has 0 aliphatic carbocycles. The third-order valence-electron chi connectivity index (χ3n) is 3.68. The van der Waals surface area contributed by atoms with Gasteiger partial charge in [-0.25, -0.2) is 4.98 Å². The smallest absolute Gasteiger partial charge is 0.252 e. The van der Waals surface area contributed by atoms with Crippen molar-refractivity contribution in [1.29, 1.82) is 0 Å². The molecule has 3 aromatic rings. The zero-order valence-corrected chi connectivity index (χ0v) is 14.6. The second-order valence-electron chi connectivity index (χ2n) is 5.72. The molecule has 26 heavy (non-hydrogen) atoms. The zero-order valence-electron chi connectivity index (χ0n) is 14.6. The van der Waals surface area contributed by atoms with Gasteiger partial charge in [0.15, 0.2) is 5.75 Å². The minimum absolute atomic E-state index is 0.112. The molecule has 0 aliphatic heterocycles. The lowest BCUT2D eigenvalue weighted by molar-refractivity contribution is 0.0953. The molecule has 3 rings (SSSR count). The first-order valence-corrected chi connectivity index (χ1v) is 8.59. The van der Waals surface area contributed by atoms with Crippen molar-refractivity contribution < 1.29 is 9.53 Å². The number of nitrogens with one attached hydrogen (secondary N) is 2. The minimum Gasteiger partial charge on any atom is -0.455 e. The van der Waals surface area contributed by atoms with Crippen LogP contribution in [-0.2, 0) is 0 Å². The lowest BCUT2D eigenvalue weighted by Gasteiger charge is -2.12. The summed E-state index contributed by atoms with van der Waals surface area (Å²) in [6.07, 6.45) is 2.46. The van der Waals surface area contributed by atoms with Gasteiger partial charge in [-0.3, -0.25) is 4.79 Å². The van der Waals surface area contributed by atoms with Crippen LogP contribution >= 0.6 is 0 Å². The maximum absolute atomic E-state index is 11.9. The van der Waals surface area contributed by atoms with Gasteiger partial charge >= 0.3 is 0 Å². The number of benzene rings is 2. The number of aromatic nitrogens is 1. The van der Waals surface area contributed by atoms with Gasteiger partial charge in [0.05, 0.1) is 11.3 Å². The monoisotopic (exact) mass is 347 g/mol. The van der Waals surface area contributed by atoms with E-state index in [-0.39, 0.29) is 5.91 Å². The highest BCUT2D eigenvalue weighted by atomic mass is 16.5. The van der Waals surface area contributed by atoms with E-state index in [1.807, 2.05) is 61.5 Å². The molecule has 132 valence electrons. The van der Waals surface area contributed by atoms with Crippen molar-refractivity contribution >= 4 is 17.4 Å². The molecule has 0 radical (unpaired) electrons. The molecular formula is C21H21N3O2. The van der Waals surface area contributed by atoms with E-state index >= 15 is 0 Å². The summed E-state index contributed by atoms with van der Waals surface area (Å²) < 4.78 is 5.93. The van der Waals surface area contributed by atoms with Crippen LogP contribution in [0.4, 0.5) is 11.5 Å². The minimum atomic E-state index is -0.112. The molecule has 2 aromatic carbocycles. The van der Waals surface area contributed by atoms with Crippen molar-refractivity contribution in [3.8, 4) is 11.5 Å². The molecule has 5 nitrogen and oxygen atoms in total. The Kier molecular flexibility index (Phi) is 5.83. The largest absolute Gasteiger partial charge is 0.455 e. The Balaban J connectivity index is 1.72. The number of pyridine rings is 1. The number of anilines is 2. The predicted octanol–water partition coefficient (Wildman–Crippen LogP) is 4.76. The fraction of sp³-hybridized carbons (Fsp3) is 0.143. The summed E-state index contributed by atoms with van der Waals surface area (Å²) >= 11 is 0. The van der Waals surface area contributed by atoms with Crippen molar-refractivity contribution in [2.24, 2.45) is 0 Å². The highest BCUT2D eigenvalue weighted by Crippen LogP contribution is 2.30. The topological polar surface area (TPSA) is 63.2 Å². The number of rotatable bonds is 7. The van der Waals surface area contributed by atoms with Gasteiger partial charge in [-0.15, -0.1) is 0 Å². The van der Waals surface area contributed by atoms with E-state index in [1.54, 1.807) is 18.3 Å². The average molecular weight is 347 g/mol. The lowest BCUT2D eigenvalue weighted by Crippen LogP contribution is -2.24. The van der Waals surface area contributed by atoms with Gasteiger partial charge in [0.1, 0.15) is 11.6 Å². The van der Waals surface area contributed by atoms with Crippen LogP contribution in [-0.4, -0.2) is 17.4 Å². The molecule has 1 heterocycles. The van der Waals surface area contributed by atoms with Gasteiger partial charge in [0.25, 0.3) is 5.91 Å². The Morgan fingerprint density at radius 2 is 1.77 bits per heavy atom. The normalized spacial score (nSPS) is 10.2. The first-order valence-electron chi connectivity index (χ1n) is 8.59. The molecular weight excluding hydrogens is 326 g/mol. The quantitative estimate of drug-likeness (QED) is 0.647. The molecule has 0 saturated carbocycles. The van der Waals surface area contributed by atoms with E-state index < -0.39 is 0 Å². The van der Waals surface area contributed by atoms with E-state index in [4.69, 9.17) is 4.74 Å². The second-order valence-corrected chi connectivity index (χ2v) is 5.72. The SMILES string of the molecule is CCCNC(=O)c1ccc(Nc2ccccc2Oc2ccccc2)nc1. The van der Waals surface area contributed by atoms with Gasteiger partial charge in [-0.05, 0) is 42.8 Å². The number of amides is 1. The number of ether oxygens (including phenoxy) is 1. The zero-order chi connectivity index (χ0) is 18.2. The number of carbonyl (C=O) groups is 1. The standard InChI is InChI=1S/C21H21N3O2/c1-2-14-22-21(25)16-12-13-20(23-15-16)24-18-10-6-7-11-19(18)26-17-8-4-3-5-9-17/h3-13,15H,2,14H2,1H3,(H,22,25)(H,23,24). The third-order valence-corrected chi connectivity index (χ3v) is 3.68. The average Bonchev–Trinajstić information content (AvgIpc) is 2.69. The Hall–Kier alpha value is -3.34. The summed E-state index contributed by atoms with van der Waals surface area (Å²) in [7, 11) is 0. The predicted molar refractivity (Wildman–Crippen MR) is 103 cm³/mol. The van der Waals surface area contributed by atoms with E-state index in [2.05, 4.69) is 15.6 Å². The first kappa shape index (κ1) is 17.5. The summed E-state index contributed by atoms with van der Waals surface area (Å²) in [5.41, 5.74) is 1.34. The molecule has 1 amide bonds. The van der Waals surface area contributed by atoms with Gasteiger partial charge < -0.3 is 15.4 Å². The third kappa shape index (κ3) is 4.60. The van der Waals surface area contributed by atoms with Crippen molar-refractivity contribution in [3.05, 3.63) is 78.5 Å². The molecule has 1 aromatic heterocycles. The maximum atomic E-state index is 11.9. The second kappa shape index (κ2) is 8.67. The summed E-state index contributed by atoms with van der Waals surface area (Å²) in [4.78, 5) is 16.3. The van der Waals surface area contributed by atoms with Crippen LogP contribution in [0.1, 0.15) is 23.7 Å². The lowest BCUT2D eigenvalue weighted by atomic mass is 10.2. The Morgan fingerprint density at radius 3 is 2.50 bits per heavy atom. The Bertz CT molecular complexity index is 849. The van der Waals surface area contributed by atoms with Gasteiger partial charge in [-0.1, -0.05) is 37.3 Å². The Labute approximate surface area is 153 Å². The summed E-state index contributed by atoms with van der Waals surface area (Å²) in [6.45, 7) is 2.67. The molecule has 0 saturated heterocycles. The molecule has 2 N–H and O–H groups in total. The highest BCUT2D eigenvalue weighted by Gasteiger charge is 2.08. The Morgan fingerprint density at radius 1 is 1.00 bits per heavy atom. The molecule has 0 bridgehead atoms. The summed E-state index contributed by atoms with van der Waals surface area (Å²) in [5, 5.41) is 6.07. The van der Waals surface area contributed by atoms with Crippen molar-refractivity contribution in [2.75, 3.05) is 11.9 Å². The molecule has 5 heteroatoms. The fourth-order valence-corrected chi connectivity index (χ4v) is 2.36.